The summed E-state index contributed by atoms with van der Waals surface area (Å²) in [5.41, 5.74) is 0.509. The predicted molar refractivity (Wildman–Crippen MR) is 102 cm³/mol. The Labute approximate surface area is 160 Å². The van der Waals surface area contributed by atoms with Crippen LogP contribution >= 0.6 is 11.3 Å². The third kappa shape index (κ3) is 4.42. The van der Waals surface area contributed by atoms with Gasteiger partial charge >= 0.3 is 6.03 Å². The van der Waals surface area contributed by atoms with Gasteiger partial charge in [0.15, 0.2) is 11.5 Å². The van der Waals surface area contributed by atoms with Crippen LogP contribution in [0.4, 0.5) is 10.5 Å². The molecule has 7 nitrogen and oxygen atoms in total. The zero-order chi connectivity index (χ0) is 19.2. The monoisotopic (exact) mass is 388 g/mol. The number of nitrogens with one attached hydrogen (secondary N) is 2. The van der Waals surface area contributed by atoms with E-state index in [0.717, 1.165) is 9.75 Å². The molecule has 0 spiro atoms. The number of methoxy groups -OCH3 is 2. The van der Waals surface area contributed by atoms with Gasteiger partial charge in [0.1, 0.15) is 11.9 Å². The van der Waals surface area contributed by atoms with Crippen molar-refractivity contribution in [3.63, 3.8) is 0 Å². The maximum atomic E-state index is 12.2. The van der Waals surface area contributed by atoms with Crippen molar-refractivity contribution in [1.29, 1.82) is 0 Å². The fourth-order valence-electron chi connectivity index (χ4n) is 2.54. The first-order valence-electron chi connectivity index (χ1n) is 8.18. The topological polar surface area (TPSA) is 93.0 Å². The molecule has 3 rings (SSSR count). The standard InChI is InChI=1S/C19H20N2O5S/c1-24-15-6-3-5-13(18(15)25-2)21-19(23)20-11-12-8-9-16(27-12)17(22)14-7-4-10-26-14/h3-10,17,22H,11H2,1-2H3,(H2,20,21,23). The van der Waals surface area contributed by atoms with E-state index in [-0.39, 0.29) is 6.03 Å². The number of hydrogen-bond acceptors (Lipinski definition) is 6. The first-order valence-corrected chi connectivity index (χ1v) is 9.00. The number of aliphatic hydroxyl groups is 1. The zero-order valence-electron chi connectivity index (χ0n) is 14.9. The molecule has 0 aliphatic carbocycles. The normalized spacial score (nSPS) is 11.7. The van der Waals surface area contributed by atoms with E-state index in [9.17, 15) is 9.90 Å². The second-order valence-corrected chi connectivity index (χ2v) is 6.77. The molecule has 0 saturated heterocycles. The minimum absolute atomic E-state index is 0.327. The Bertz CT molecular complexity index is 891. The summed E-state index contributed by atoms with van der Waals surface area (Å²) in [6, 6.07) is 12.0. The molecule has 27 heavy (non-hydrogen) atoms. The molecule has 8 heteroatoms. The molecule has 0 radical (unpaired) electrons. The summed E-state index contributed by atoms with van der Waals surface area (Å²) in [6.07, 6.45) is 0.708. The Morgan fingerprint density at radius 2 is 2.04 bits per heavy atom. The van der Waals surface area contributed by atoms with E-state index >= 15 is 0 Å². The third-order valence-corrected chi connectivity index (χ3v) is 4.98. The Hall–Kier alpha value is -2.97. The number of aliphatic hydroxyl groups excluding tert-OH is 1. The number of thiophene rings is 1. The molecule has 0 aliphatic heterocycles. The van der Waals surface area contributed by atoms with E-state index in [0.29, 0.717) is 29.5 Å². The summed E-state index contributed by atoms with van der Waals surface area (Å²) in [5.74, 6) is 1.47. The maximum absolute atomic E-state index is 12.2. The van der Waals surface area contributed by atoms with Crippen LogP contribution in [0, 0.1) is 0 Å². The quantitative estimate of drug-likeness (QED) is 0.573. The lowest BCUT2D eigenvalue weighted by Gasteiger charge is -2.13. The average molecular weight is 388 g/mol. The van der Waals surface area contributed by atoms with Crippen LogP contribution in [0.15, 0.2) is 53.1 Å². The van der Waals surface area contributed by atoms with Gasteiger partial charge in [0.05, 0.1) is 32.7 Å². The summed E-state index contributed by atoms with van der Waals surface area (Å²) in [6.45, 7) is 0.327. The van der Waals surface area contributed by atoms with E-state index in [1.165, 1.54) is 31.8 Å². The van der Waals surface area contributed by atoms with E-state index in [1.807, 2.05) is 12.1 Å². The van der Waals surface area contributed by atoms with Crippen molar-refractivity contribution in [2.24, 2.45) is 0 Å². The van der Waals surface area contributed by atoms with Gasteiger partial charge in [0.25, 0.3) is 0 Å². The number of anilines is 1. The molecule has 2 amide bonds. The number of ether oxygens (including phenoxy) is 2. The number of para-hydroxylation sites is 1. The Kier molecular flexibility index (Phi) is 6.00. The van der Waals surface area contributed by atoms with Gasteiger partial charge in [-0.3, -0.25) is 0 Å². The predicted octanol–water partition coefficient (Wildman–Crippen LogP) is 3.76. The molecular formula is C19H20N2O5S. The van der Waals surface area contributed by atoms with Crippen molar-refractivity contribution in [1.82, 2.24) is 5.32 Å². The molecule has 0 aliphatic rings. The van der Waals surface area contributed by atoms with Crippen LogP contribution in [0.5, 0.6) is 11.5 Å². The first-order chi connectivity index (χ1) is 13.1. The van der Waals surface area contributed by atoms with Gasteiger partial charge in [-0.2, -0.15) is 0 Å². The largest absolute Gasteiger partial charge is 0.493 e. The van der Waals surface area contributed by atoms with Crippen LogP contribution in [0.1, 0.15) is 21.6 Å². The van der Waals surface area contributed by atoms with Crippen LogP contribution in [0.3, 0.4) is 0 Å². The van der Waals surface area contributed by atoms with Gasteiger partial charge in [-0.25, -0.2) is 4.79 Å². The summed E-state index contributed by atoms with van der Waals surface area (Å²) >= 11 is 1.40. The van der Waals surface area contributed by atoms with Gasteiger partial charge in [-0.05, 0) is 36.4 Å². The summed E-state index contributed by atoms with van der Waals surface area (Å²) < 4.78 is 15.7. The Morgan fingerprint density at radius 3 is 2.74 bits per heavy atom. The maximum Gasteiger partial charge on any atom is 0.319 e. The number of amides is 2. The van der Waals surface area contributed by atoms with Crippen LogP contribution < -0.4 is 20.1 Å². The fraction of sp³-hybridized carbons (Fsp3) is 0.211. The second-order valence-electron chi connectivity index (χ2n) is 5.57. The average Bonchev–Trinajstić information content (AvgIpc) is 3.37. The highest BCUT2D eigenvalue weighted by Crippen LogP contribution is 2.34. The van der Waals surface area contributed by atoms with Crippen LogP contribution in [0.2, 0.25) is 0 Å². The number of rotatable bonds is 7. The summed E-state index contributed by atoms with van der Waals surface area (Å²) in [7, 11) is 3.05. The molecule has 0 fully saturated rings. The summed E-state index contributed by atoms with van der Waals surface area (Å²) in [5, 5.41) is 15.8. The molecule has 0 saturated carbocycles. The molecule has 3 aromatic rings. The highest BCUT2D eigenvalue weighted by atomic mass is 32.1. The van der Waals surface area contributed by atoms with Crippen LogP contribution in [-0.2, 0) is 6.54 Å². The Morgan fingerprint density at radius 1 is 1.19 bits per heavy atom. The lowest BCUT2D eigenvalue weighted by molar-refractivity contribution is 0.193. The molecule has 3 N–H and O–H groups in total. The van der Waals surface area contributed by atoms with Gasteiger partial charge in [-0.1, -0.05) is 6.07 Å². The van der Waals surface area contributed by atoms with E-state index in [1.54, 1.807) is 30.3 Å². The molecule has 1 unspecified atom stereocenters. The fourth-order valence-corrected chi connectivity index (χ4v) is 3.49. The van der Waals surface area contributed by atoms with Gasteiger partial charge in [-0.15, -0.1) is 11.3 Å². The van der Waals surface area contributed by atoms with Crippen molar-refractivity contribution in [3.05, 3.63) is 64.2 Å². The molecule has 1 atom stereocenters. The number of urea groups is 1. The highest BCUT2D eigenvalue weighted by molar-refractivity contribution is 7.12. The number of benzene rings is 1. The minimum atomic E-state index is -0.811. The number of carbonyl (C=O) groups excluding carboxylic acids is 1. The lowest BCUT2D eigenvalue weighted by Crippen LogP contribution is -2.28. The molecule has 2 aromatic heterocycles. The van der Waals surface area contributed by atoms with E-state index in [4.69, 9.17) is 13.9 Å². The van der Waals surface area contributed by atoms with Crippen molar-refractivity contribution in [2.45, 2.75) is 12.6 Å². The Balaban J connectivity index is 1.59. The smallest absolute Gasteiger partial charge is 0.319 e. The molecule has 142 valence electrons. The zero-order valence-corrected chi connectivity index (χ0v) is 15.7. The van der Waals surface area contributed by atoms with Crippen molar-refractivity contribution in [2.75, 3.05) is 19.5 Å². The number of carbonyl (C=O) groups is 1. The third-order valence-electron chi connectivity index (χ3n) is 3.84. The lowest BCUT2D eigenvalue weighted by atomic mass is 10.2. The van der Waals surface area contributed by atoms with Crippen molar-refractivity contribution < 1.29 is 23.8 Å². The van der Waals surface area contributed by atoms with E-state index < -0.39 is 6.10 Å². The SMILES string of the molecule is COc1cccc(NC(=O)NCc2ccc(C(O)c3ccco3)s2)c1OC. The first kappa shape index (κ1) is 18.8. The number of furan rings is 1. The minimum Gasteiger partial charge on any atom is -0.493 e. The number of hydrogen-bond donors (Lipinski definition) is 3. The molecule has 2 heterocycles. The summed E-state index contributed by atoms with van der Waals surface area (Å²) in [4.78, 5) is 13.9. The molecular weight excluding hydrogens is 368 g/mol. The van der Waals surface area contributed by atoms with Gasteiger partial charge < -0.3 is 29.6 Å². The second kappa shape index (κ2) is 8.61. The van der Waals surface area contributed by atoms with Crippen molar-refractivity contribution in [3.8, 4) is 11.5 Å². The van der Waals surface area contributed by atoms with Crippen molar-refractivity contribution >= 4 is 23.1 Å². The van der Waals surface area contributed by atoms with Crippen LogP contribution in [-0.4, -0.2) is 25.4 Å². The van der Waals surface area contributed by atoms with Crippen LogP contribution in [0.25, 0.3) is 0 Å². The van der Waals surface area contributed by atoms with E-state index in [2.05, 4.69) is 10.6 Å². The van der Waals surface area contributed by atoms with Gasteiger partial charge in [0, 0.05) is 9.75 Å². The highest BCUT2D eigenvalue weighted by Gasteiger charge is 2.16. The van der Waals surface area contributed by atoms with Gasteiger partial charge in [0.2, 0.25) is 0 Å². The molecule has 0 bridgehead atoms. The molecule has 1 aromatic carbocycles.